The summed E-state index contributed by atoms with van der Waals surface area (Å²) < 4.78 is 2.37. The second kappa shape index (κ2) is 11.2. The van der Waals surface area contributed by atoms with Crippen LogP contribution in [0.4, 0.5) is 0 Å². The van der Waals surface area contributed by atoms with Crippen LogP contribution < -0.4 is 11.5 Å². The van der Waals surface area contributed by atoms with Gasteiger partial charge in [-0.05, 0) is 77.0 Å². The Morgan fingerprint density at radius 3 is 2.15 bits per heavy atom. The van der Waals surface area contributed by atoms with Crippen LogP contribution >= 0.6 is 0 Å². The Balaban J connectivity index is 1.76. The van der Waals surface area contributed by atoms with E-state index in [1.165, 1.54) is 27.1 Å². The number of hydrogen-bond acceptors (Lipinski definition) is 2. The third-order valence-corrected chi connectivity index (χ3v) is 7.26. The molecule has 0 spiro atoms. The predicted octanol–water partition coefficient (Wildman–Crippen LogP) is 8.80. The molecule has 0 aliphatic carbocycles. The van der Waals surface area contributed by atoms with E-state index in [1.54, 1.807) is 18.5 Å². The molecule has 1 aromatic heterocycles. The Morgan fingerprint density at radius 1 is 0.769 bits per heavy atom. The van der Waals surface area contributed by atoms with Crippen LogP contribution in [0.25, 0.3) is 49.4 Å². The number of fused-ring (bicyclic) bond motifs is 5. The van der Waals surface area contributed by atoms with Crippen LogP contribution in [-0.4, -0.2) is 4.57 Å². The van der Waals surface area contributed by atoms with E-state index in [4.69, 9.17) is 11.5 Å². The van der Waals surface area contributed by atoms with Crippen molar-refractivity contribution in [1.82, 2.24) is 4.57 Å². The standard InChI is InChI=1S/C36H33N3/c1-4-25(23-37)11-10-12-30(24-38)28-16-19-33-34-20-17-29-21-27(26(5-2)6-3)15-18-32(29)36(34)39(35(33)22-28)31-13-8-7-9-14-31/h4-10,12-24H,1-2,11,37-38H2,3H3/b12-10-,25-23+,26-6+,30-24+. The molecule has 4 aromatic carbocycles. The molecule has 0 atom stereocenters. The van der Waals surface area contributed by atoms with Crippen LogP contribution in [0.2, 0.25) is 0 Å². The summed E-state index contributed by atoms with van der Waals surface area (Å²) in [4.78, 5) is 0. The number of benzene rings is 4. The van der Waals surface area contributed by atoms with Crippen molar-refractivity contribution >= 4 is 43.7 Å². The van der Waals surface area contributed by atoms with Gasteiger partial charge in [0.25, 0.3) is 0 Å². The summed E-state index contributed by atoms with van der Waals surface area (Å²) in [5.74, 6) is 0. The van der Waals surface area contributed by atoms with Gasteiger partial charge in [-0.2, -0.15) is 0 Å². The van der Waals surface area contributed by atoms with Crippen molar-refractivity contribution in [1.29, 1.82) is 0 Å². The first-order valence-corrected chi connectivity index (χ1v) is 13.1. The Hall–Kier alpha value is -5.02. The fourth-order valence-electron chi connectivity index (χ4n) is 5.23. The fraction of sp³-hybridized carbons (Fsp3) is 0.0556. The van der Waals surface area contributed by atoms with E-state index >= 15 is 0 Å². The van der Waals surface area contributed by atoms with Crippen LogP contribution in [0.1, 0.15) is 24.5 Å². The quantitative estimate of drug-likeness (QED) is 0.206. The molecule has 0 unspecified atom stereocenters. The van der Waals surface area contributed by atoms with Crippen molar-refractivity contribution in [2.75, 3.05) is 0 Å². The minimum Gasteiger partial charge on any atom is -0.404 e. The maximum absolute atomic E-state index is 6.10. The highest BCUT2D eigenvalue weighted by Gasteiger charge is 2.16. The van der Waals surface area contributed by atoms with Gasteiger partial charge in [0.15, 0.2) is 0 Å². The molecular weight excluding hydrogens is 474 g/mol. The molecular formula is C36H33N3. The average Bonchev–Trinajstić information content (AvgIpc) is 3.32. The van der Waals surface area contributed by atoms with Crippen LogP contribution in [0, 0.1) is 0 Å². The first kappa shape index (κ1) is 25.6. The highest BCUT2D eigenvalue weighted by atomic mass is 15.0. The summed E-state index contributed by atoms with van der Waals surface area (Å²) in [6.45, 7) is 9.84. The molecule has 3 heteroatoms. The molecule has 192 valence electrons. The molecule has 39 heavy (non-hydrogen) atoms. The number of aromatic nitrogens is 1. The summed E-state index contributed by atoms with van der Waals surface area (Å²) in [5.41, 5.74) is 20.5. The zero-order valence-corrected chi connectivity index (χ0v) is 22.3. The lowest BCUT2D eigenvalue weighted by Crippen LogP contribution is -1.95. The second-order valence-corrected chi connectivity index (χ2v) is 9.42. The van der Waals surface area contributed by atoms with Gasteiger partial charge in [0.1, 0.15) is 0 Å². The number of hydrogen-bond donors (Lipinski definition) is 2. The minimum absolute atomic E-state index is 0.693. The monoisotopic (exact) mass is 507 g/mol. The lowest BCUT2D eigenvalue weighted by molar-refractivity contribution is 1.19. The number of para-hydroxylation sites is 1. The van der Waals surface area contributed by atoms with Gasteiger partial charge >= 0.3 is 0 Å². The molecule has 0 saturated carbocycles. The molecule has 4 N–H and O–H groups in total. The molecule has 5 aromatic rings. The molecule has 3 nitrogen and oxygen atoms in total. The van der Waals surface area contributed by atoms with E-state index in [0.29, 0.717) is 6.42 Å². The topological polar surface area (TPSA) is 57.0 Å². The second-order valence-electron chi connectivity index (χ2n) is 9.42. The number of rotatable bonds is 8. The fourth-order valence-corrected chi connectivity index (χ4v) is 5.23. The Bertz CT molecular complexity index is 1830. The van der Waals surface area contributed by atoms with Gasteiger partial charge in [-0.25, -0.2) is 0 Å². The van der Waals surface area contributed by atoms with E-state index < -0.39 is 0 Å². The zero-order valence-electron chi connectivity index (χ0n) is 22.3. The summed E-state index contributed by atoms with van der Waals surface area (Å²) in [6.07, 6.45) is 13.8. The van der Waals surface area contributed by atoms with Crippen LogP contribution in [0.3, 0.4) is 0 Å². The summed E-state index contributed by atoms with van der Waals surface area (Å²) in [7, 11) is 0. The highest BCUT2D eigenvalue weighted by molar-refractivity contribution is 6.19. The van der Waals surface area contributed by atoms with E-state index in [1.807, 2.05) is 19.1 Å². The minimum atomic E-state index is 0.693. The first-order valence-electron chi connectivity index (χ1n) is 13.1. The number of allylic oxidation sites excluding steroid dienone is 8. The Morgan fingerprint density at radius 2 is 1.49 bits per heavy atom. The van der Waals surface area contributed by atoms with Crippen molar-refractivity contribution in [3.05, 3.63) is 152 Å². The van der Waals surface area contributed by atoms with Gasteiger partial charge in [0, 0.05) is 28.0 Å². The van der Waals surface area contributed by atoms with E-state index in [2.05, 4.69) is 109 Å². The van der Waals surface area contributed by atoms with Crippen LogP contribution in [-0.2, 0) is 0 Å². The van der Waals surface area contributed by atoms with Crippen molar-refractivity contribution in [3.63, 3.8) is 0 Å². The van der Waals surface area contributed by atoms with E-state index in [-0.39, 0.29) is 0 Å². The van der Waals surface area contributed by atoms with Gasteiger partial charge < -0.3 is 16.0 Å². The molecule has 1 heterocycles. The normalized spacial score (nSPS) is 13.1. The molecule has 5 rings (SSSR count). The third-order valence-electron chi connectivity index (χ3n) is 7.26. The van der Waals surface area contributed by atoms with Gasteiger partial charge in [0.05, 0.1) is 11.0 Å². The molecule has 0 aliphatic rings. The maximum atomic E-state index is 6.10. The van der Waals surface area contributed by atoms with Crippen LogP contribution in [0.5, 0.6) is 0 Å². The molecule has 0 fully saturated rings. The lowest BCUT2D eigenvalue weighted by Gasteiger charge is -2.11. The molecule has 0 aliphatic heterocycles. The molecule has 0 saturated heterocycles. The zero-order chi connectivity index (χ0) is 27.4. The summed E-state index contributed by atoms with van der Waals surface area (Å²) >= 11 is 0. The summed E-state index contributed by atoms with van der Waals surface area (Å²) in [5, 5.41) is 4.81. The van der Waals surface area contributed by atoms with Crippen LogP contribution in [0.15, 0.2) is 140 Å². The predicted molar refractivity (Wildman–Crippen MR) is 171 cm³/mol. The molecule has 0 radical (unpaired) electrons. The maximum Gasteiger partial charge on any atom is 0.0619 e. The Labute approximate surface area is 230 Å². The molecule has 0 amide bonds. The van der Waals surface area contributed by atoms with Gasteiger partial charge in [0.2, 0.25) is 0 Å². The molecule has 0 bridgehead atoms. The van der Waals surface area contributed by atoms with Crippen molar-refractivity contribution in [3.8, 4) is 5.69 Å². The van der Waals surface area contributed by atoms with Gasteiger partial charge in [-0.3, -0.25) is 0 Å². The number of nitrogens with zero attached hydrogens (tertiary/aromatic N) is 1. The van der Waals surface area contributed by atoms with Gasteiger partial charge in [-0.15, -0.1) is 0 Å². The van der Waals surface area contributed by atoms with Gasteiger partial charge in [-0.1, -0.05) is 98.1 Å². The summed E-state index contributed by atoms with van der Waals surface area (Å²) in [6, 6.07) is 28.2. The smallest absolute Gasteiger partial charge is 0.0619 e. The average molecular weight is 508 g/mol. The van der Waals surface area contributed by atoms with Crippen molar-refractivity contribution in [2.45, 2.75) is 13.3 Å². The van der Waals surface area contributed by atoms with Crippen molar-refractivity contribution < 1.29 is 0 Å². The lowest BCUT2D eigenvalue weighted by atomic mass is 9.99. The third kappa shape index (κ3) is 4.71. The Kier molecular flexibility index (Phi) is 7.33. The number of nitrogens with two attached hydrogens (primary N) is 2. The SMILES string of the molecule is C=C/C(=C\N)C/C=C\C(=C/N)c1ccc2c3ccc4cc(/C(C=C)=C/C)ccc4c3n(-c3ccccc3)c2c1. The van der Waals surface area contributed by atoms with E-state index in [9.17, 15) is 0 Å². The first-order chi connectivity index (χ1) is 19.1. The van der Waals surface area contributed by atoms with Crippen molar-refractivity contribution in [2.24, 2.45) is 11.5 Å². The highest BCUT2D eigenvalue weighted by Crippen LogP contribution is 2.38. The van der Waals surface area contributed by atoms with E-state index in [0.717, 1.165) is 39.1 Å². The largest absolute Gasteiger partial charge is 0.404 e.